The number of hydrogen-bond acceptors (Lipinski definition) is 4. The first-order valence-electron chi connectivity index (χ1n) is 9.26. The smallest absolute Gasteiger partial charge is 0.259 e. The van der Waals surface area contributed by atoms with Crippen LogP contribution in [0, 0.1) is 6.92 Å². The zero-order chi connectivity index (χ0) is 20.2. The summed E-state index contributed by atoms with van der Waals surface area (Å²) in [6.07, 6.45) is 4.98. The van der Waals surface area contributed by atoms with E-state index < -0.39 is 0 Å². The van der Waals surface area contributed by atoms with Crippen molar-refractivity contribution in [2.45, 2.75) is 6.92 Å². The first-order valence-corrected chi connectivity index (χ1v) is 9.26. The molecule has 0 fully saturated rings. The number of aromatic nitrogens is 2. The van der Waals surface area contributed by atoms with E-state index in [0.29, 0.717) is 11.3 Å². The first kappa shape index (κ1) is 18.4. The van der Waals surface area contributed by atoms with Crippen LogP contribution in [0.4, 0.5) is 11.5 Å². The summed E-state index contributed by atoms with van der Waals surface area (Å²) in [6, 6.07) is 21.5. The fraction of sp³-hybridized carbons (Fsp3) is 0.0417. The van der Waals surface area contributed by atoms with E-state index in [0.717, 1.165) is 27.8 Å². The Morgan fingerprint density at radius 2 is 1.66 bits per heavy atom. The zero-order valence-electron chi connectivity index (χ0n) is 16.0. The number of nitrogens with two attached hydrogens (primary N) is 1. The monoisotopic (exact) mass is 380 g/mol. The van der Waals surface area contributed by atoms with Gasteiger partial charge in [-0.15, -0.1) is 0 Å². The zero-order valence-corrected chi connectivity index (χ0v) is 16.0. The highest BCUT2D eigenvalue weighted by atomic mass is 16.1. The van der Waals surface area contributed by atoms with Crippen LogP contribution >= 0.6 is 0 Å². The Morgan fingerprint density at radius 1 is 0.862 bits per heavy atom. The van der Waals surface area contributed by atoms with Gasteiger partial charge in [-0.25, -0.2) is 4.98 Å². The van der Waals surface area contributed by atoms with Crippen LogP contribution < -0.4 is 11.1 Å². The predicted molar refractivity (Wildman–Crippen MR) is 116 cm³/mol. The summed E-state index contributed by atoms with van der Waals surface area (Å²) in [5.74, 6) is -0.109. The van der Waals surface area contributed by atoms with Gasteiger partial charge in [0.2, 0.25) is 0 Å². The van der Waals surface area contributed by atoms with Gasteiger partial charge in [0.05, 0.1) is 11.3 Å². The normalized spacial score (nSPS) is 10.5. The highest BCUT2D eigenvalue weighted by Gasteiger charge is 2.15. The van der Waals surface area contributed by atoms with Gasteiger partial charge in [-0.3, -0.25) is 9.78 Å². The van der Waals surface area contributed by atoms with Crippen molar-refractivity contribution in [1.82, 2.24) is 9.97 Å². The van der Waals surface area contributed by atoms with Gasteiger partial charge in [-0.2, -0.15) is 0 Å². The van der Waals surface area contributed by atoms with Crippen molar-refractivity contribution in [1.29, 1.82) is 0 Å². The molecule has 0 saturated carbocycles. The van der Waals surface area contributed by atoms with E-state index in [-0.39, 0.29) is 11.7 Å². The lowest BCUT2D eigenvalue weighted by Gasteiger charge is -2.15. The van der Waals surface area contributed by atoms with E-state index in [4.69, 9.17) is 5.73 Å². The Bertz CT molecular complexity index is 1170. The molecule has 0 saturated heterocycles. The molecule has 4 rings (SSSR count). The lowest BCUT2D eigenvalue weighted by atomic mass is 9.93. The fourth-order valence-electron chi connectivity index (χ4n) is 3.38. The third-order valence-electron chi connectivity index (χ3n) is 4.86. The highest BCUT2D eigenvalue weighted by molar-refractivity contribution is 6.08. The lowest BCUT2D eigenvalue weighted by Crippen LogP contribution is -2.15. The number of carbonyl (C=O) groups excluding carboxylic acids is 1. The largest absolute Gasteiger partial charge is 0.383 e. The molecule has 2 aromatic carbocycles. The maximum absolute atomic E-state index is 12.7. The Labute approximate surface area is 169 Å². The van der Waals surface area contributed by atoms with Crippen LogP contribution in [0.1, 0.15) is 15.9 Å². The Morgan fingerprint density at radius 3 is 2.45 bits per heavy atom. The van der Waals surface area contributed by atoms with E-state index in [9.17, 15) is 4.79 Å². The minimum absolute atomic E-state index is 0.197. The van der Waals surface area contributed by atoms with Gasteiger partial charge in [0, 0.05) is 24.2 Å². The van der Waals surface area contributed by atoms with E-state index >= 15 is 0 Å². The van der Waals surface area contributed by atoms with Crippen molar-refractivity contribution in [3.63, 3.8) is 0 Å². The van der Waals surface area contributed by atoms with Crippen LogP contribution in [0.3, 0.4) is 0 Å². The second-order valence-corrected chi connectivity index (χ2v) is 6.66. The molecule has 142 valence electrons. The van der Waals surface area contributed by atoms with E-state index in [2.05, 4.69) is 40.4 Å². The van der Waals surface area contributed by atoms with Crippen molar-refractivity contribution in [2.75, 3.05) is 11.1 Å². The number of nitrogens with zero attached hydrogens (tertiary/aromatic N) is 2. The maximum atomic E-state index is 12.7. The van der Waals surface area contributed by atoms with Gasteiger partial charge >= 0.3 is 0 Å². The van der Waals surface area contributed by atoms with Crippen molar-refractivity contribution in [3.05, 3.63) is 96.4 Å². The molecule has 2 heterocycles. The molecule has 29 heavy (non-hydrogen) atoms. The number of carbonyl (C=O) groups is 1. The average molecular weight is 380 g/mol. The van der Waals surface area contributed by atoms with Crippen LogP contribution in [0.15, 0.2) is 85.3 Å². The predicted octanol–water partition coefficient (Wildman–Crippen LogP) is 4.95. The molecule has 3 N–H and O–H groups in total. The minimum Gasteiger partial charge on any atom is -0.383 e. The van der Waals surface area contributed by atoms with Crippen LogP contribution in [-0.2, 0) is 0 Å². The molecule has 0 spiro atoms. The summed E-state index contributed by atoms with van der Waals surface area (Å²) in [5, 5.41) is 2.95. The number of pyridine rings is 2. The van der Waals surface area contributed by atoms with Crippen molar-refractivity contribution in [2.24, 2.45) is 0 Å². The number of benzene rings is 2. The Kier molecular flexibility index (Phi) is 5.03. The summed E-state index contributed by atoms with van der Waals surface area (Å²) in [6.45, 7) is 2.08. The van der Waals surface area contributed by atoms with E-state index in [1.807, 2.05) is 30.3 Å². The van der Waals surface area contributed by atoms with Gasteiger partial charge in [0.1, 0.15) is 5.82 Å². The lowest BCUT2D eigenvalue weighted by molar-refractivity contribution is 0.102. The maximum Gasteiger partial charge on any atom is 0.259 e. The molecule has 4 aromatic rings. The fourth-order valence-corrected chi connectivity index (χ4v) is 3.38. The molecule has 0 aliphatic carbocycles. The van der Waals surface area contributed by atoms with Gasteiger partial charge in [-0.05, 0) is 47.4 Å². The SMILES string of the molecule is Cc1c(-c2ccccc2)cccc1-c1cnccc1NC(=O)c1cccnc1N. The van der Waals surface area contributed by atoms with Crippen molar-refractivity contribution < 1.29 is 4.79 Å². The number of rotatable bonds is 4. The van der Waals surface area contributed by atoms with E-state index in [1.165, 1.54) is 0 Å². The number of anilines is 2. The Hall–Kier alpha value is -3.99. The molecule has 0 aliphatic heterocycles. The first-order chi connectivity index (χ1) is 14.1. The molecule has 5 heteroatoms. The third kappa shape index (κ3) is 3.71. The number of nitrogens with one attached hydrogen (secondary N) is 1. The summed E-state index contributed by atoms with van der Waals surface area (Å²) in [4.78, 5) is 21.0. The van der Waals surface area contributed by atoms with Crippen LogP contribution in [-0.4, -0.2) is 15.9 Å². The third-order valence-corrected chi connectivity index (χ3v) is 4.86. The molecular weight excluding hydrogens is 360 g/mol. The Balaban J connectivity index is 1.75. The van der Waals surface area contributed by atoms with Gasteiger partial charge in [0.15, 0.2) is 0 Å². The van der Waals surface area contributed by atoms with Gasteiger partial charge < -0.3 is 11.1 Å². The molecule has 0 bridgehead atoms. The average Bonchev–Trinajstić information content (AvgIpc) is 2.75. The molecule has 0 atom stereocenters. The second-order valence-electron chi connectivity index (χ2n) is 6.66. The second kappa shape index (κ2) is 7.94. The molecule has 0 unspecified atom stereocenters. The van der Waals surface area contributed by atoms with Gasteiger partial charge in [0.25, 0.3) is 5.91 Å². The number of amides is 1. The molecule has 2 aromatic heterocycles. The van der Waals surface area contributed by atoms with Crippen LogP contribution in [0.5, 0.6) is 0 Å². The summed E-state index contributed by atoms with van der Waals surface area (Å²) in [7, 11) is 0. The van der Waals surface area contributed by atoms with Crippen LogP contribution in [0.2, 0.25) is 0 Å². The quantitative estimate of drug-likeness (QED) is 0.525. The van der Waals surface area contributed by atoms with Gasteiger partial charge in [-0.1, -0.05) is 48.5 Å². The van der Waals surface area contributed by atoms with Crippen LogP contribution in [0.25, 0.3) is 22.3 Å². The number of hydrogen-bond donors (Lipinski definition) is 2. The number of nitrogen functional groups attached to an aromatic ring is 1. The van der Waals surface area contributed by atoms with E-state index in [1.54, 1.807) is 36.8 Å². The summed E-state index contributed by atoms with van der Waals surface area (Å²) in [5.41, 5.74) is 12.1. The van der Waals surface area contributed by atoms with Crippen molar-refractivity contribution in [3.8, 4) is 22.3 Å². The summed E-state index contributed by atoms with van der Waals surface area (Å²) < 4.78 is 0. The highest BCUT2D eigenvalue weighted by Crippen LogP contribution is 2.35. The molecule has 0 aliphatic rings. The molecule has 5 nitrogen and oxygen atoms in total. The summed E-state index contributed by atoms with van der Waals surface area (Å²) >= 11 is 0. The molecule has 0 radical (unpaired) electrons. The standard InChI is InChI=1S/C24H20N4O/c1-16-18(17-7-3-2-4-8-17)9-5-10-19(16)21-15-26-14-12-22(21)28-24(29)20-11-6-13-27-23(20)25/h2-15H,1H3,(H2,25,27)(H,26,28,29). The topological polar surface area (TPSA) is 80.9 Å². The minimum atomic E-state index is -0.306. The molecular formula is C24H20N4O. The molecule has 1 amide bonds. The van der Waals surface area contributed by atoms with Crippen molar-refractivity contribution >= 4 is 17.4 Å².